The first-order chi connectivity index (χ1) is 10.2. The topological polar surface area (TPSA) is 24.9 Å². The van der Waals surface area contributed by atoms with Gasteiger partial charge < -0.3 is 5.32 Å². The van der Waals surface area contributed by atoms with Crippen LogP contribution in [0.1, 0.15) is 10.6 Å². The molecule has 0 fully saturated rings. The minimum atomic E-state index is 0.670. The maximum absolute atomic E-state index is 6.14. The van der Waals surface area contributed by atoms with Crippen molar-refractivity contribution in [1.82, 2.24) is 10.3 Å². The fourth-order valence-corrected chi connectivity index (χ4v) is 3.63. The van der Waals surface area contributed by atoms with Gasteiger partial charge in [0, 0.05) is 35.1 Å². The SMILES string of the molecule is Clc1cccc(Cl)c1CNCCc1nc2ccccc2s1. The number of aromatic nitrogens is 1. The first-order valence-corrected chi connectivity index (χ1v) is 8.29. The van der Waals surface area contributed by atoms with Gasteiger partial charge in [0.15, 0.2) is 0 Å². The smallest absolute Gasteiger partial charge is 0.0951 e. The highest BCUT2D eigenvalue weighted by Crippen LogP contribution is 2.24. The fraction of sp³-hybridized carbons (Fsp3) is 0.188. The van der Waals surface area contributed by atoms with E-state index >= 15 is 0 Å². The van der Waals surface area contributed by atoms with Crippen molar-refractivity contribution in [3.63, 3.8) is 0 Å². The summed E-state index contributed by atoms with van der Waals surface area (Å²) in [5.41, 5.74) is 2.02. The quantitative estimate of drug-likeness (QED) is 0.668. The highest BCUT2D eigenvalue weighted by molar-refractivity contribution is 7.18. The van der Waals surface area contributed by atoms with Gasteiger partial charge in [-0.15, -0.1) is 11.3 Å². The largest absolute Gasteiger partial charge is 0.312 e. The number of halogens is 2. The molecule has 1 heterocycles. The van der Waals surface area contributed by atoms with Crippen LogP contribution in [0.4, 0.5) is 0 Å². The summed E-state index contributed by atoms with van der Waals surface area (Å²) in [6, 6.07) is 13.8. The van der Waals surface area contributed by atoms with Crippen LogP contribution < -0.4 is 5.32 Å². The van der Waals surface area contributed by atoms with E-state index in [1.165, 1.54) is 4.70 Å². The van der Waals surface area contributed by atoms with Crippen LogP contribution in [0.25, 0.3) is 10.2 Å². The summed E-state index contributed by atoms with van der Waals surface area (Å²) in [5.74, 6) is 0. The van der Waals surface area contributed by atoms with Crippen molar-refractivity contribution in [2.24, 2.45) is 0 Å². The summed E-state index contributed by atoms with van der Waals surface area (Å²) in [5, 5.41) is 5.93. The van der Waals surface area contributed by atoms with Crippen LogP contribution >= 0.6 is 34.5 Å². The summed E-state index contributed by atoms with van der Waals surface area (Å²) in [6.07, 6.45) is 0.904. The highest BCUT2D eigenvalue weighted by atomic mass is 35.5. The molecule has 3 aromatic rings. The number of hydrogen-bond acceptors (Lipinski definition) is 3. The number of rotatable bonds is 5. The molecule has 21 heavy (non-hydrogen) atoms. The van der Waals surface area contributed by atoms with Gasteiger partial charge in [-0.1, -0.05) is 41.4 Å². The van der Waals surface area contributed by atoms with E-state index in [2.05, 4.69) is 16.4 Å². The van der Waals surface area contributed by atoms with Crippen LogP contribution in [0, 0.1) is 0 Å². The molecule has 0 amide bonds. The van der Waals surface area contributed by atoms with Crippen molar-refractivity contribution >= 4 is 44.8 Å². The van der Waals surface area contributed by atoms with Crippen LogP contribution in [-0.4, -0.2) is 11.5 Å². The van der Waals surface area contributed by atoms with E-state index in [-0.39, 0.29) is 0 Å². The standard InChI is InChI=1S/C16H14Cl2N2S/c17-12-4-3-5-13(18)11(12)10-19-9-8-16-20-14-6-1-2-7-15(14)21-16/h1-7,19H,8-10H2. The Kier molecular flexibility index (Phi) is 4.76. The highest BCUT2D eigenvalue weighted by Gasteiger charge is 2.06. The zero-order valence-corrected chi connectivity index (χ0v) is 13.6. The van der Waals surface area contributed by atoms with Crippen molar-refractivity contribution in [3.8, 4) is 0 Å². The molecule has 5 heteroatoms. The van der Waals surface area contributed by atoms with Gasteiger partial charge in [0.1, 0.15) is 0 Å². The van der Waals surface area contributed by atoms with Gasteiger partial charge in [0.25, 0.3) is 0 Å². The Morgan fingerprint density at radius 2 is 1.76 bits per heavy atom. The number of benzene rings is 2. The summed E-state index contributed by atoms with van der Waals surface area (Å²) in [4.78, 5) is 4.62. The fourth-order valence-electron chi connectivity index (χ4n) is 2.14. The summed E-state index contributed by atoms with van der Waals surface area (Å²) in [6.45, 7) is 1.52. The van der Waals surface area contributed by atoms with E-state index in [9.17, 15) is 0 Å². The molecule has 1 aromatic heterocycles. The molecule has 1 N–H and O–H groups in total. The number of fused-ring (bicyclic) bond motifs is 1. The Hall–Kier alpha value is -1.13. The third-order valence-corrected chi connectivity index (χ3v) is 5.02. The predicted octanol–water partition coefficient (Wildman–Crippen LogP) is 4.94. The third kappa shape index (κ3) is 3.55. The van der Waals surface area contributed by atoms with Crippen LogP contribution in [0.3, 0.4) is 0 Å². The van der Waals surface area contributed by atoms with E-state index in [1.807, 2.05) is 36.4 Å². The zero-order chi connectivity index (χ0) is 14.7. The van der Waals surface area contributed by atoms with Gasteiger partial charge in [-0.2, -0.15) is 0 Å². The Morgan fingerprint density at radius 1 is 1.00 bits per heavy atom. The van der Waals surface area contributed by atoms with Crippen molar-refractivity contribution in [3.05, 3.63) is 63.1 Å². The minimum absolute atomic E-state index is 0.670. The molecular formula is C16H14Cl2N2S. The Morgan fingerprint density at radius 3 is 2.52 bits per heavy atom. The van der Waals surface area contributed by atoms with Crippen molar-refractivity contribution in [1.29, 1.82) is 0 Å². The normalized spacial score (nSPS) is 11.1. The van der Waals surface area contributed by atoms with E-state index in [4.69, 9.17) is 23.2 Å². The molecule has 0 spiro atoms. The second kappa shape index (κ2) is 6.75. The third-order valence-electron chi connectivity index (χ3n) is 3.22. The monoisotopic (exact) mass is 336 g/mol. The maximum atomic E-state index is 6.14. The lowest BCUT2D eigenvalue weighted by atomic mass is 10.2. The molecule has 2 nitrogen and oxygen atoms in total. The molecule has 0 aliphatic rings. The second-order valence-electron chi connectivity index (χ2n) is 4.70. The van der Waals surface area contributed by atoms with Gasteiger partial charge in [0.2, 0.25) is 0 Å². The zero-order valence-electron chi connectivity index (χ0n) is 11.3. The lowest BCUT2D eigenvalue weighted by molar-refractivity contribution is 0.686. The molecule has 0 aliphatic heterocycles. The molecule has 0 saturated carbocycles. The lowest BCUT2D eigenvalue weighted by Gasteiger charge is -2.07. The van der Waals surface area contributed by atoms with Gasteiger partial charge in [-0.05, 0) is 24.3 Å². The Balaban J connectivity index is 1.56. The number of hydrogen-bond donors (Lipinski definition) is 1. The van der Waals surface area contributed by atoms with Crippen LogP contribution in [0.5, 0.6) is 0 Å². The maximum Gasteiger partial charge on any atom is 0.0951 e. The van der Waals surface area contributed by atoms with E-state index in [0.29, 0.717) is 16.6 Å². The van der Waals surface area contributed by atoms with Crippen LogP contribution in [0.15, 0.2) is 42.5 Å². The van der Waals surface area contributed by atoms with Crippen LogP contribution in [-0.2, 0) is 13.0 Å². The van der Waals surface area contributed by atoms with Gasteiger partial charge in [-0.3, -0.25) is 0 Å². The van der Waals surface area contributed by atoms with E-state index in [1.54, 1.807) is 11.3 Å². The molecule has 2 aromatic carbocycles. The first kappa shape index (κ1) is 14.8. The van der Waals surface area contributed by atoms with Crippen molar-refractivity contribution < 1.29 is 0 Å². The number of nitrogens with one attached hydrogen (secondary N) is 1. The summed E-state index contributed by atoms with van der Waals surface area (Å²) >= 11 is 14.0. The summed E-state index contributed by atoms with van der Waals surface area (Å²) < 4.78 is 1.24. The van der Waals surface area contributed by atoms with Crippen LogP contribution in [0.2, 0.25) is 10.0 Å². The molecule has 0 unspecified atom stereocenters. The Bertz CT molecular complexity index is 702. The Labute approximate surface area is 137 Å². The molecule has 3 rings (SSSR count). The molecule has 0 bridgehead atoms. The number of para-hydroxylation sites is 1. The average Bonchev–Trinajstić information content (AvgIpc) is 2.88. The van der Waals surface area contributed by atoms with Crippen molar-refractivity contribution in [2.75, 3.05) is 6.54 Å². The second-order valence-corrected chi connectivity index (χ2v) is 6.63. The molecule has 0 radical (unpaired) electrons. The van der Waals surface area contributed by atoms with E-state index < -0.39 is 0 Å². The van der Waals surface area contributed by atoms with E-state index in [0.717, 1.165) is 29.1 Å². The number of nitrogens with zero attached hydrogens (tertiary/aromatic N) is 1. The summed E-state index contributed by atoms with van der Waals surface area (Å²) in [7, 11) is 0. The minimum Gasteiger partial charge on any atom is -0.312 e. The first-order valence-electron chi connectivity index (χ1n) is 6.72. The molecular weight excluding hydrogens is 323 g/mol. The molecule has 0 atom stereocenters. The molecule has 0 aliphatic carbocycles. The van der Waals surface area contributed by atoms with Gasteiger partial charge in [0.05, 0.1) is 15.2 Å². The van der Waals surface area contributed by atoms with Gasteiger partial charge >= 0.3 is 0 Å². The average molecular weight is 337 g/mol. The predicted molar refractivity (Wildman–Crippen MR) is 91.5 cm³/mol. The van der Waals surface area contributed by atoms with Crippen molar-refractivity contribution in [2.45, 2.75) is 13.0 Å². The van der Waals surface area contributed by atoms with Gasteiger partial charge in [-0.25, -0.2) is 4.98 Å². The molecule has 108 valence electrons. The molecule has 0 saturated heterocycles. The lowest BCUT2D eigenvalue weighted by Crippen LogP contribution is -2.17. The number of thiazole rings is 1.